The topological polar surface area (TPSA) is 41.6 Å². The number of halogens is 1. The number of carbonyl (C=O) groups excluding carboxylic acids is 1. The van der Waals surface area contributed by atoms with Gasteiger partial charge in [0.2, 0.25) is 0 Å². The SMILES string of the molecule is CCN1CCC(NC(=O)OCc2ccccc2)CC1.Cl. The van der Waals surface area contributed by atoms with Crippen LogP contribution in [0, 0.1) is 0 Å². The molecule has 0 atom stereocenters. The third-order valence-corrected chi connectivity index (χ3v) is 3.57. The maximum atomic E-state index is 11.7. The molecule has 1 amide bonds. The van der Waals surface area contributed by atoms with Crippen LogP contribution in [0.5, 0.6) is 0 Å². The van der Waals surface area contributed by atoms with Crippen LogP contribution in [0.15, 0.2) is 30.3 Å². The highest BCUT2D eigenvalue weighted by molar-refractivity contribution is 5.85. The number of ether oxygens (including phenoxy) is 1. The summed E-state index contributed by atoms with van der Waals surface area (Å²) in [6.07, 6.45) is 1.71. The number of nitrogens with one attached hydrogen (secondary N) is 1. The van der Waals surface area contributed by atoms with Crippen LogP contribution in [0.1, 0.15) is 25.3 Å². The number of nitrogens with zero attached hydrogens (tertiary/aromatic N) is 1. The summed E-state index contributed by atoms with van der Waals surface area (Å²) in [6.45, 7) is 5.70. The zero-order chi connectivity index (χ0) is 13.5. The third-order valence-electron chi connectivity index (χ3n) is 3.57. The van der Waals surface area contributed by atoms with Gasteiger partial charge in [-0.2, -0.15) is 0 Å². The molecule has 1 aromatic rings. The normalized spacial score (nSPS) is 16.2. The summed E-state index contributed by atoms with van der Waals surface area (Å²) >= 11 is 0. The molecule has 20 heavy (non-hydrogen) atoms. The van der Waals surface area contributed by atoms with Gasteiger partial charge in [0.05, 0.1) is 0 Å². The highest BCUT2D eigenvalue weighted by Gasteiger charge is 2.19. The Bertz CT molecular complexity index is 392. The van der Waals surface area contributed by atoms with E-state index in [9.17, 15) is 4.79 Å². The first-order valence-corrected chi connectivity index (χ1v) is 6.97. The van der Waals surface area contributed by atoms with Gasteiger partial charge in [-0.1, -0.05) is 37.3 Å². The van der Waals surface area contributed by atoms with Gasteiger partial charge in [-0.05, 0) is 24.9 Å². The third kappa shape index (κ3) is 5.39. The fourth-order valence-corrected chi connectivity index (χ4v) is 2.32. The van der Waals surface area contributed by atoms with Crippen LogP contribution >= 0.6 is 12.4 Å². The first-order valence-electron chi connectivity index (χ1n) is 6.97. The van der Waals surface area contributed by atoms with E-state index in [1.807, 2.05) is 30.3 Å². The standard InChI is InChI=1S/C15H22N2O2.ClH/c1-2-17-10-8-14(9-11-17)16-15(18)19-12-13-6-4-3-5-7-13;/h3-7,14H,2,8-12H2,1H3,(H,16,18);1H. The van der Waals surface area contributed by atoms with Crippen molar-refractivity contribution in [3.63, 3.8) is 0 Å². The fourth-order valence-electron chi connectivity index (χ4n) is 2.32. The summed E-state index contributed by atoms with van der Waals surface area (Å²) in [4.78, 5) is 14.1. The number of hydrogen-bond donors (Lipinski definition) is 1. The number of benzene rings is 1. The minimum Gasteiger partial charge on any atom is -0.445 e. The molecule has 0 radical (unpaired) electrons. The second-order valence-electron chi connectivity index (χ2n) is 4.91. The van der Waals surface area contributed by atoms with Crippen molar-refractivity contribution < 1.29 is 9.53 Å². The summed E-state index contributed by atoms with van der Waals surface area (Å²) in [5.74, 6) is 0. The van der Waals surface area contributed by atoms with E-state index in [1.54, 1.807) is 0 Å². The molecule has 5 heteroatoms. The number of hydrogen-bond acceptors (Lipinski definition) is 3. The van der Waals surface area contributed by atoms with E-state index in [4.69, 9.17) is 4.74 Å². The van der Waals surface area contributed by atoms with Crippen LogP contribution in [0.4, 0.5) is 4.79 Å². The molecule has 0 aromatic heterocycles. The molecule has 2 rings (SSSR count). The average Bonchev–Trinajstić information content (AvgIpc) is 2.47. The van der Waals surface area contributed by atoms with Crippen molar-refractivity contribution in [1.29, 1.82) is 0 Å². The van der Waals surface area contributed by atoms with Crippen molar-refractivity contribution in [2.75, 3.05) is 19.6 Å². The molecule has 1 aliphatic heterocycles. The van der Waals surface area contributed by atoms with Gasteiger partial charge in [0.25, 0.3) is 0 Å². The Labute approximate surface area is 126 Å². The highest BCUT2D eigenvalue weighted by atomic mass is 35.5. The van der Waals surface area contributed by atoms with E-state index >= 15 is 0 Å². The van der Waals surface area contributed by atoms with Crippen LogP contribution in [0.2, 0.25) is 0 Å². The van der Waals surface area contributed by atoms with Crippen molar-refractivity contribution in [2.24, 2.45) is 0 Å². The Morgan fingerprint density at radius 3 is 2.55 bits per heavy atom. The zero-order valence-corrected chi connectivity index (χ0v) is 12.7. The van der Waals surface area contributed by atoms with Crippen LogP contribution in [0.3, 0.4) is 0 Å². The van der Waals surface area contributed by atoms with E-state index < -0.39 is 0 Å². The smallest absolute Gasteiger partial charge is 0.407 e. The molecule has 1 heterocycles. The number of alkyl carbamates (subject to hydrolysis) is 1. The molecule has 1 aliphatic rings. The molecule has 1 saturated heterocycles. The first kappa shape index (κ1) is 16.8. The summed E-state index contributed by atoms with van der Waals surface area (Å²) in [5, 5.41) is 2.95. The number of carbonyl (C=O) groups is 1. The summed E-state index contributed by atoms with van der Waals surface area (Å²) in [5.41, 5.74) is 1.01. The van der Waals surface area contributed by atoms with Crippen LogP contribution in [0.25, 0.3) is 0 Å². The molecule has 0 saturated carbocycles. The molecular weight excluding hydrogens is 276 g/mol. The molecule has 0 unspecified atom stereocenters. The van der Waals surface area contributed by atoms with E-state index in [1.165, 1.54) is 0 Å². The lowest BCUT2D eigenvalue weighted by molar-refractivity contribution is 0.127. The van der Waals surface area contributed by atoms with Gasteiger partial charge in [-0.25, -0.2) is 4.79 Å². The molecule has 1 fully saturated rings. The minimum atomic E-state index is -0.307. The van der Waals surface area contributed by atoms with Crippen molar-refractivity contribution >= 4 is 18.5 Å². The summed E-state index contributed by atoms with van der Waals surface area (Å²) < 4.78 is 5.22. The van der Waals surface area contributed by atoms with Crippen molar-refractivity contribution in [2.45, 2.75) is 32.4 Å². The van der Waals surface area contributed by atoms with Crippen molar-refractivity contribution in [3.8, 4) is 0 Å². The van der Waals surface area contributed by atoms with E-state index in [-0.39, 0.29) is 24.5 Å². The van der Waals surface area contributed by atoms with E-state index in [0.717, 1.165) is 38.0 Å². The Hall–Kier alpha value is -1.26. The van der Waals surface area contributed by atoms with Gasteiger partial charge >= 0.3 is 6.09 Å². The van der Waals surface area contributed by atoms with Crippen molar-refractivity contribution in [3.05, 3.63) is 35.9 Å². The van der Waals surface area contributed by atoms with Gasteiger partial charge in [-0.15, -0.1) is 12.4 Å². The Balaban J connectivity index is 0.00000200. The maximum absolute atomic E-state index is 11.7. The maximum Gasteiger partial charge on any atom is 0.407 e. The van der Waals surface area contributed by atoms with Crippen LogP contribution in [-0.4, -0.2) is 36.7 Å². The van der Waals surface area contributed by atoms with Crippen molar-refractivity contribution in [1.82, 2.24) is 10.2 Å². The Kier molecular flexibility index (Phi) is 7.41. The van der Waals surface area contributed by atoms with Crippen LogP contribution in [-0.2, 0) is 11.3 Å². The molecular formula is C15H23ClN2O2. The molecule has 1 aromatic carbocycles. The number of rotatable bonds is 4. The molecule has 0 aliphatic carbocycles. The Morgan fingerprint density at radius 2 is 1.95 bits per heavy atom. The quantitative estimate of drug-likeness (QED) is 0.929. The second kappa shape index (κ2) is 8.82. The molecule has 112 valence electrons. The lowest BCUT2D eigenvalue weighted by Gasteiger charge is -2.31. The van der Waals surface area contributed by atoms with E-state index in [0.29, 0.717) is 6.61 Å². The summed E-state index contributed by atoms with van der Waals surface area (Å²) in [6, 6.07) is 9.99. The Morgan fingerprint density at radius 1 is 1.30 bits per heavy atom. The number of amides is 1. The van der Waals surface area contributed by atoms with Crippen LogP contribution < -0.4 is 5.32 Å². The monoisotopic (exact) mass is 298 g/mol. The number of piperidine rings is 1. The van der Waals surface area contributed by atoms with Gasteiger partial charge in [0.15, 0.2) is 0 Å². The second-order valence-corrected chi connectivity index (χ2v) is 4.91. The largest absolute Gasteiger partial charge is 0.445 e. The van der Waals surface area contributed by atoms with Gasteiger partial charge in [0, 0.05) is 19.1 Å². The van der Waals surface area contributed by atoms with Gasteiger partial charge < -0.3 is 15.0 Å². The highest BCUT2D eigenvalue weighted by Crippen LogP contribution is 2.10. The minimum absolute atomic E-state index is 0. The lowest BCUT2D eigenvalue weighted by atomic mass is 10.1. The van der Waals surface area contributed by atoms with Gasteiger partial charge in [0.1, 0.15) is 6.61 Å². The first-order chi connectivity index (χ1) is 9.28. The average molecular weight is 299 g/mol. The van der Waals surface area contributed by atoms with E-state index in [2.05, 4.69) is 17.1 Å². The predicted molar refractivity (Wildman–Crippen MR) is 82.1 cm³/mol. The fraction of sp³-hybridized carbons (Fsp3) is 0.533. The molecule has 0 spiro atoms. The molecule has 1 N–H and O–H groups in total. The zero-order valence-electron chi connectivity index (χ0n) is 11.9. The predicted octanol–water partition coefficient (Wildman–Crippen LogP) is 2.82. The molecule has 0 bridgehead atoms. The summed E-state index contributed by atoms with van der Waals surface area (Å²) in [7, 11) is 0. The molecule has 4 nitrogen and oxygen atoms in total. The number of likely N-dealkylation sites (tertiary alicyclic amines) is 1. The van der Waals surface area contributed by atoms with Gasteiger partial charge in [-0.3, -0.25) is 0 Å². The lowest BCUT2D eigenvalue weighted by Crippen LogP contribution is -2.44.